The number of amides is 1. The van der Waals surface area contributed by atoms with Crippen LogP contribution in [0.25, 0.3) is 11.4 Å². The van der Waals surface area contributed by atoms with Crippen molar-refractivity contribution in [2.45, 2.75) is 37.2 Å². The maximum absolute atomic E-state index is 13.0. The zero-order valence-electron chi connectivity index (χ0n) is 15.1. The second-order valence-corrected chi connectivity index (χ2v) is 6.97. The smallest absolute Gasteiger partial charge is 0.237 e. The fourth-order valence-corrected chi connectivity index (χ4v) is 3.60. The first-order chi connectivity index (χ1) is 13.1. The summed E-state index contributed by atoms with van der Waals surface area (Å²) in [6, 6.07) is 9.48. The summed E-state index contributed by atoms with van der Waals surface area (Å²) in [4.78, 5) is 16.6. The van der Waals surface area contributed by atoms with Crippen LogP contribution in [-0.2, 0) is 11.3 Å². The molecule has 3 aromatic rings. The van der Waals surface area contributed by atoms with Gasteiger partial charge in [-0.25, -0.2) is 4.39 Å². The molecule has 27 heavy (non-hydrogen) atoms. The molecule has 1 unspecified atom stereocenters. The Labute approximate surface area is 161 Å². The molecule has 0 saturated carbocycles. The van der Waals surface area contributed by atoms with Gasteiger partial charge >= 0.3 is 0 Å². The number of hydrogen-bond donors (Lipinski definition) is 1. The summed E-state index contributed by atoms with van der Waals surface area (Å²) in [5.41, 5.74) is 1.49. The molecular formula is C19H20FN5OS. The van der Waals surface area contributed by atoms with Crippen LogP contribution in [-0.4, -0.2) is 30.9 Å². The summed E-state index contributed by atoms with van der Waals surface area (Å²) in [6.07, 6.45) is 4.04. The molecule has 1 atom stereocenters. The quantitative estimate of drug-likeness (QED) is 0.622. The molecule has 0 spiro atoms. The summed E-state index contributed by atoms with van der Waals surface area (Å²) in [5, 5.41) is 11.7. The highest BCUT2D eigenvalue weighted by Gasteiger charge is 2.22. The topological polar surface area (TPSA) is 72.7 Å². The number of aromatic nitrogens is 4. The predicted molar refractivity (Wildman–Crippen MR) is 104 cm³/mol. The molecule has 1 amide bonds. The molecule has 0 saturated heterocycles. The SMILES string of the molecule is CCC(Sc1nnc(-c2ccncc2)n1CC)C(=O)Nc1ccc(F)cc1. The van der Waals surface area contributed by atoms with Gasteiger partial charge in [-0.1, -0.05) is 18.7 Å². The van der Waals surface area contributed by atoms with Gasteiger partial charge in [0.2, 0.25) is 5.91 Å². The summed E-state index contributed by atoms with van der Waals surface area (Å²) in [7, 11) is 0. The monoisotopic (exact) mass is 385 g/mol. The fourth-order valence-electron chi connectivity index (χ4n) is 2.58. The lowest BCUT2D eigenvalue weighted by Crippen LogP contribution is -2.25. The van der Waals surface area contributed by atoms with Crippen LogP contribution >= 0.6 is 11.8 Å². The average Bonchev–Trinajstić information content (AvgIpc) is 3.11. The first-order valence-electron chi connectivity index (χ1n) is 8.69. The minimum absolute atomic E-state index is 0.148. The zero-order chi connectivity index (χ0) is 19.2. The molecule has 140 valence electrons. The Hall–Kier alpha value is -2.74. The Morgan fingerprint density at radius 3 is 2.48 bits per heavy atom. The van der Waals surface area contributed by atoms with E-state index in [4.69, 9.17) is 0 Å². The van der Waals surface area contributed by atoms with Gasteiger partial charge in [-0.05, 0) is 49.7 Å². The van der Waals surface area contributed by atoms with Crippen molar-refractivity contribution in [3.05, 3.63) is 54.6 Å². The highest BCUT2D eigenvalue weighted by molar-refractivity contribution is 8.00. The molecule has 3 rings (SSSR count). The lowest BCUT2D eigenvalue weighted by Gasteiger charge is -2.15. The maximum atomic E-state index is 13.0. The third-order valence-corrected chi connectivity index (χ3v) is 5.34. The van der Waals surface area contributed by atoms with Gasteiger partial charge in [-0.2, -0.15) is 0 Å². The largest absolute Gasteiger partial charge is 0.325 e. The molecule has 0 bridgehead atoms. The van der Waals surface area contributed by atoms with Crippen molar-refractivity contribution in [2.75, 3.05) is 5.32 Å². The number of carbonyl (C=O) groups excluding carboxylic acids is 1. The minimum Gasteiger partial charge on any atom is -0.325 e. The Morgan fingerprint density at radius 2 is 1.85 bits per heavy atom. The van der Waals surface area contributed by atoms with Crippen molar-refractivity contribution in [3.63, 3.8) is 0 Å². The Bertz CT molecular complexity index is 898. The molecule has 0 aliphatic rings. The lowest BCUT2D eigenvalue weighted by molar-refractivity contribution is -0.115. The lowest BCUT2D eigenvalue weighted by atomic mass is 10.2. The molecule has 0 radical (unpaired) electrons. The van der Waals surface area contributed by atoms with E-state index in [1.165, 1.54) is 23.9 Å². The number of carbonyl (C=O) groups is 1. The number of anilines is 1. The van der Waals surface area contributed by atoms with Crippen LogP contribution in [0, 0.1) is 5.82 Å². The highest BCUT2D eigenvalue weighted by atomic mass is 32.2. The van der Waals surface area contributed by atoms with E-state index < -0.39 is 0 Å². The average molecular weight is 385 g/mol. The van der Waals surface area contributed by atoms with Crippen molar-refractivity contribution in [1.82, 2.24) is 19.7 Å². The van der Waals surface area contributed by atoms with Gasteiger partial charge < -0.3 is 9.88 Å². The van der Waals surface area contributed by atoms with Crippen molar-refractivity contribution in [1.29, 1.82) is 0 Å². The number of halogens is 1. The van der Waals surface area contributed by atoms with Gasteiger partial charge in [0, 0.05) is 30.2 Å². The number of nitrogens with zero attached hydrogens (tertiary/aromatic N) is 4. The first-order valence-corrected chi connectivity index (χ1v) is 9.57. The summed E-state index contributed by atoms with van der Waals surface area (Å²) >= 11 is 1.37. The number of benzene rings is 1. The Morgan fingerprint density at radius 1 is 1.15 bits per heavy atom. The van der Waals surface area contributed by atoms with Crippen molar-refractivity contribution >= 4 is 23.4 Å². The number of pyridine rings is 1. The molecule has 8 heteroatoms. The van der Waals surface area contributed by atoms with E-state index in [-0.39, 0.29) is 17.0 Å². The molecule has 2 aromatic heterocycles. The van der Waals surface area contributed by atoms with E-state index in [1.807, 2.05) is 30.5 Å². The standard InChI is InChI=1S/C19H20FN5OS/c1-3-16(18(26)22-15-7-5-14(20)6-8-15)27-19-24-23-17(25(19)4-2)13-9-11-21-12-10-13/h5-12,16H,3-4H2,1-2H3,(H,22,26). The van der Waals surface area contributed by atoms with E-state index in [0.717, 1.165) is 11.4 Å². The van der Waals surface area contributed by atoms with Crippen LogP contribution in [0.4, 0.5) is 10.1 Å². The predicted octanol–water partition coefficient (Wildman–Crippen LogP) is 4.01. The number of nitrogens with one attached hydrogen (secondary N) is 1. The van der Waals surface area contributed by atoms with Crippen LogP contribution in [0.3, 0.4) is 0 Å². The van der Waals surface area contributed by atoms with Crippen LogP contribution < -0.4 is 5.32 Å². The van der Waals surface area contributed by atoms with Gasteiger partial charge in [0.1, 0.15) is 5.82 Å². The fraction of sp³-hybridized carbons (Fsp3) is 0.263. The third kappa shape index (κ3) is 4.51. The normalized spacial score (nSPS) is 12.0. The van der Waals surface area contributed by atoms with Gasteiger partial charge in [0.25, 0.3) is 0 Å². The second-order valence-electron chi connectivity index (χ2n) is 5.80. The van der Waals surface area contributed by atoms with E-state index >= 15 is 0 Å². The molecular weight excluding hydrogens is 365 g/mol. The van der Waals surface area contributed by atoms with E-state index in [1.54, 1.807) is 24.5 Å². The molecule has 1 aromatic carbocycles. The molecule has 2 heterocycles. The molecule has 0 fully saturated rings. The maximum Gasteiger partial charge on any atom is 0.237 e. The Balaban J connectivity index is 1.77. The molecule has 1 N–H and O–H groups in total. The van der Waals surface area contributed by atoms with E-state index in [2.05, 4.69) is 20.5 Å². The summed E-state index contributed by atoms with van der Waals surface area (Å²) in [6.45, 7) is 4.64. The van der Waals surface area contributed by atoms with E-state index in [9.17, 15) is 9.18 Å². The number of rotatable bonds is 7. The summed E-state index contributed by atoms with van der Waals surface area (Å²) < 4.78 is 15.0. The first kappa shape index (κ1) is 19.0. The van der Waals surface area contributed by atoms with Crippen LogP contribution in [0.2, 0.25) is 0 Å². The third-order valence-electron chi connectivity index (χ3n) is 3.99. The second kappa shape index (κ2) is 8.77. The number of hydrogen-bond acceptors (Lipinski definition) is 5. The molecule has 0 aliphatic heterocycles. The molecule has 6 nitrogen and oxygen atoms in total. The van der Waals surface area contributed by atoms with Gasteiger partial charge in [0.05, 0.1) is 5.25 Å². The van der Waals surface area contributed by atoms with Crippen molar-refractivity contribution < 1.29 is 9.18 Å². The number of thioether (sulfide) groups is 1. The summed E-state index contributed by atoms with van der Waals surface area (Å²) in [5.74, 6) is 0.260. The van der Waals surface area contributed by atoms with Gasteiger partial charge in [-0.15, -0.1) is 10.2 Å². The van der Waals surface area contributed by atoms with Gasteiger partial charge in [0.15, 0.2) is 11.0 Å². The van der Waals surface area contributed by atoms with Gasteiger partial charge in [-0.3, -0.25) is 9.78 Å². The zero-order valence-corrected chi connectivity index (χ0v) is 15.9. The van der Waals surface area contributed by atoms with Crippen molar-refractivity contribution in [2.24, 2.45) is 0 Å². The minimum atomic E-state index is -0.339. The highest BCUT2D eigenvalue weighted by Crippen LogP contribution is 2.28. The van der Waals surface area contributed by atoms with Crippen LogP contribution in [0.15, 0.2) is 53.9 Å². The Kier molecular flexibility index (Phi) is 6.18. The van der Waals surface area contributed by atoms with Crippen molar-refractivity contribution in [3.8, 4) is 11.4 Å². The van der Waals surface area contributed by atoms with Crippen LogP contribution in [0.5, 0.6) is 0 Å². The molecule has 0 aliphatic carbocycles. The van der Waals surface area contributed by atoms with E-state index in [0.29, 0.717) is 23.8 Å². The van der Waals surface area contributed by atoms with Crippen LogP contribution in [0.1, 0.15) is 20.3 Å².